The van der Waals surface area contributed by atoms with Crippen molar-refractivity contribution in [3.05, 3.63) is 58.6 Å². The zero-order valence-corrected chi connectivity index (χ0v) is 16.9. The number of hydrazone groups is 1. The maximum Gasteiger partial charge on any atom is 0.161 e. The monoisotopic (exact) mass is 386 g/mol. The largest absolute Gasteiger partial charge is 0.493 e. The Bertz CT molecular complexity index is 784. The second-order valence-electron chi connectivity index (χ2n) is 7.04. The SMILES string of the molecule is COc1cc(C=NN2C(C)CCCC2C)ccc1OCc1ccccc1Cl. The van der Waals surface area contributed by atoms with Crippen LogP contribution in [0.2, 0.25) is 5.02 Å². The predicted octanol–water partition coefficient (Wildman–Crippen LogP) is 5.52. The van der Waals surface area contributed by atoms with Crippen molar-refractivity contribution in [3.63, 3.8) is 0 Å². The first-order valence-corrected chi connectivity index (χ1v) is 9.83. The lowest BCUT2D eigenvalue weighted by atomic mass is 10.00. The minimum atomic E-state index is 0.395. The first-order valence-electron chi connectivity index (χ1n) is 9.45. The maximum atomic E-state index is 6.19. The molecule has 27 heavy (non-hydrogen) atoms. The Morgan fingerprint density at radius 1 is 1.11 bits per heavy atom. The summed E-state index contributed by atoms with van der Waals surface area (Å²) >= 11 is 6.19. The molecule has 0 saturated carbocycles. The van der Waals surface area contributed by atoms with Gasteiger partial charge in [0.25, 0.3) is 0 Å². The molecule has 0 radical (unpaired) electrons. The van der Waals surface area contributed by atoms with Gasteiger partial charge in [0.05, 0.1) is 13.3 Å². The molecule has 5 heteroatoms. The van der Waals surface area contributed by atoms with E-state index >= 15 is 0 Å². The lowest BCUT2D eigenvalue weighted by Gasteiger charge is -2.36. The molecule has 1 saturated heterocycles. The normalized spacial score (nSPS) is 20.1. The Balaban J connectivity index is 1.70. The molecule has 0 aromatic heterocycles. The standard InChI is InChI=1S/C22H27ClN2O2/c1-16-7-6-8-17(2)25(16)24-14-18-11-12-21(22(13-18)26-3)27-15-19-9-4-5-10-20(19)23/h4-5,9-14,16-17H,6-8,15H2,1-3H3. The van der Waals surface area contributed by atoms with Gasteiger partial charge in [-0.05, 0) is 62.9 Å². The molecule has 144 valence electrons. The minimum Gasteiger partial charge on any atom is -0.493 e. The van der Waals surface area contributed by atoms with Gasteiger partial charge in [-0.15, -0.1) is 0 Å². The predicted molar refractivity (Wildman–Crippen MR) is 111 cm³/mol. The van der Waals surface area contributed by atoms with E-state index in [0.717, 1.165) is 11.1 Å². The average molecular weight is 387 g/mol. The van der Waals surface area contributed by atoms with Crippen LogP contribution in [0.4, 0.5) is 0 Å². The Morgan fingerprint density at radius 2 is 1.85 bits per heavy atom. The number of nitrogens with zero attached hydrogens (tertiary/aromatic N) is 2. The highest BCUT2D eigenvalue weighted by Gasteiger charge is 2.22. The summed E-state index contributed by atoms with van der Waals surface area (Å²) in [6.45, 7) is 4.87. The van der Waals surface area contributed by atoms with Crippen LogP contribution in [0.3, 0.4) is 0 Å². The summed E-state index contributed by atoms with van der Waals surface area (Å²) in [6, 6.07) is 14.5. The van der Waals surface area contributed by atoms with Gasteiger partial charge in [0, 0.05) is 22.7 Å². The molecule has 0 aliphatic carbocycles. The van der Waals surface area contributed by atoms with Gasteiger partial charge in [0.2, 0.25) is 0 Å². The Hall–Kier alpha value is -2.20. The molecule has 0 amide bonds. The summed E-state index contributed by atoms with van der Waals surface area (Å²) in [4.78, 5) is 0. The van der Waals surface area contributed by atoms with Crippen LogP contribution in [0, 0.1) is 0 Å². The first kappa shape index (κ1) is 19.6. The van der Waals surface area contributed by atoms with E-state index in [4.69, 9.17) is 26.2 Å². The molecule has 2 aromatic carbocycles. The van der Waals surface area contributed by atoms with E-state index in [1.54, 1.807) is 7.11 Å². The molecule has 1 aliphatic heterocycles. The number of halogens is 1. The second kappa shape index (κ2) is 9.14. The third-order valence-corrected chi connectivity index (χ3v) is 5.38. The number of ether oxygens (including phenoxy) is 2. The van der Waals surface area contributed by atoms with Crippen LogP contribution in [0.25, 0.3) is 0 Å². The van der Waals surface area contributed by atoms with E-state index in [1.807, 2.05) is 48.7 Å². The van der Waals surface area contributed by atoms with Gasteiger partial charge in [-0.25, -0.2) is 0 Å². The van der Waals surface area contributed by atoms with E-state index in [0.29, 0.717) is 35.2 Å². The van der Waals surface area contributed by atoms with Gasteiger partial charge in [-0.3, -0.25) is 5.01 Å². The fourth-order valence-corrected chi connectivity index (χ4v) is 3.61. The Morgan fingerprint density at radius 3 is 2.56 bits per heavy atom. The highest BCUT2D eigenvalue weighted by atomic mass is 35.5. The van der Waals surface area contributed by atoms with Crippen LogP contribution in [0.5, 0.6) is 11.5 Å². The molecule has 1 fully saturated rings. The number of hydrogen-bond acceptors (Lipinski definition) is 4. The Kier molecular flexibility index (Phi) is 6.62. The summed E-state index contributed by atoms with van der Waals surface area (Å²) in [5.41, 5.74) is 1.93. The molecule has 0 N–H and O–H groups in total. The lowest BCUT2D eigenvalue weighted by molar-refractivity contribution is 0.109. The van der Waals surface area contributed by atoms with Crippen molar-refractivity contribution in [1.29, 1.82) is 0 Å². The molecule has 1 heterocycles. The molecule has 3 rings (SSSR count). The van der Waals surface area contributed by atoms with Crippen LogP contribution >= 0.6 is 11.6 Å². The number of piperidine rings is 1. The fourth-order valence-electron chi connectivity index (χ4n) is 3.42. The van der Waals surface area contributed by atoms with Crippen molar-refractivity contribution in [2.24, 2.45) is 5.10 Å². The van der Waals surface area contributed by atoms with E-state index in [-0.39, 0.29) is 0 Å². The van der Waals surface area contributed by atoms with Gasteiger partial charge < -0.3 is 9.47 Å². The van der Waals surface area contributed by atoms with Crippen LogP contribution < -0.4 is 9.47 Å². The minimum absolute atomic E-state index is 0.395. The summed E-state index contributed by atoms with van der Waals surface area (Å²) in [6.07, 6.45) is 5.57. The number of methoxy groups -OCH3 is 1. The van der Waals surface area contributed by atoms with Crippen LogP contribution in [-0.2, 0) is 6.61 Å². The van der Waals surface area contributed by atoms with Gasteiger partial charge >= 0.3 is 0 Å². The van der Waals surface area contributed by atoms with E-state index < -0.39 is 0 Å². The van der Waals surface area contributed by atoms with Crippen molar-refractivity contribution in [1.82, 2.24) is 5.01 Å². The average Bonchev–Trinajstić information content (AvgIpc) is 2.67. The summed E-state index contributed by atoms with van der Waals surface area (Å²) in [7, 11) is 1.65. The molecular weight excluding hydrogens is 360 g/mol. The molecule has 2 atom stereocenters. The van der Waals surface area contributed by atoms with Crippen LogP contribution in [0.1, 0.15) is 44.2 Å². The van der Waals surface area contributed by atoms with Crippen LogP contribution in [0.15, 0.2) is 47.6 Å². The molecule has 2 aromatic rings. The van der Waals surface area contributed by atoms with Crippen molar-refractivity contribution in [2.45, 2.75) is 51.8 Å². The molecule has 0 spiro atoms. The lowest BCUT2D eigenvalue weighted by Crippen LogP contribution is -2.39. The van der Waals surface area contributed by atoms with Gasteiger partial charge in [0.15, 0.2) is 11.5 Å². The van der Waals surface area contributed by atoms with Gasteiger partial charge in [-0.1, -0.05) is 29.8 Å². The van der Waals surface area contributed by atoms with Crippen molar-refractivity contribution in [2.75, 3.05) is 7.11 Å². The number of benzene rings is 2. The first-order chi connectivity index (χ1) is 13.1. The zero-order chi connectivity index (χ0) is 19.2. The molecule has 2 unspecified atom stereocenters. The smallest absolute Gasteiger partial charge is 0.161 e. The van der Waals surface area contributed by atoms with Crippen molar-refractivity contribution < 1.29 is 9.47 Å². The van der Waals surface area contributed by atoms with E-state index in [1.165, 1.54) is 19.3 Å². The van der Waals surface area contributed by atoms with Gasteiger partial charge in [0.1, 0.15) is 6.61 Å². The van der Waals surface area contributed by atoms with E-state index in [9.17, 15) is 0 Å². The topological polar surface area (TPSA) is 34.1 Å². The quantitative estimate of drug-likeness (QED) is 0.612. The third kappa shape index (κ3) is 4.95. The maximum absolute atomic E-state index is 6.19. The fraction of sp³-hybridized carbons (Fsp3) is 0.409. The molecule has 0 bridgehead atoms. The third-order valence-electron chi connectivity index (χ3n) is 5.02. The summed E-state index contributed by atoms with van der Waals surface area (Å²) in [5.74, 6) is 1.38. The number of hydrogen-bond donors (Lipinski definition) is 0. The molecule has 1 aliphatic rings. The van der Waals surface area contributed by atoms with Crippen LogP contribution in [-0.4, -0.2) is 30.4 Å². The second-order valence-corrected chi connectivity index (χ2v) is 7.45. The van der Waals surface area contributed by atoms with Crippen molar-refractivity contribution >= 4 is 17.8 Å². The molecule has 4 nitrogen and oxygen atoms in total. The Labute approximate surface area is 166 Å². The van der Waals surface area contributed by atoms with Crippen molar-refractivity contribution in [3.8, 4) is 11.5 Å². The highest BCUT2D eigenvalue weighted by molar-refractivity contribution is 6.31. The summed E-state index contributed by atoms with van der Waals surface area (Å²) < 4.78 is 11.4. The summed E-state index contributed by atoms with van der Waals surface area (Å²) in [5, 5.41) is 7.63. The van der Waals surface area contributed by atoms with E-state index in [2.05, 4.69) is 18.9 Å². The number of rotatable bonds is 6. The van der Waals surface area contributed by atoms with Gasteiger partial charge in [-0.2, -0.15) is 5.10 Å². The highest BCUT2D eigenvalue weighted by Crippen LogP contribution is 2.29. The molecular formula is C22H27ClN2O2. The zero-order valence-electron chi connectivity index (χ0n) is 16.2.